The molecule has 0 bridgehead atoms. The number of rotatable bonds is 6. The Hall–Kier alpha value is -2.57. The van der Waals surface area contributed by atoms with Gasteiger partial charge in [0.05, 0.1) is 20.0 Å². The third-order valence-electron chi connectivity index (χ3n) is 2.45. The molecule has 7 nitrogen and oxygen atoms in total. The van der Waals surface area contributed by atoms with Crippen LogP contribution in [0.15, 0.2) is 24.3 Å². The Balaban J connectivity index is 2.53. The quantitative estimate of drug-likeness (QED) is 0.674. The van der Waals surface area contributed by atoms with Gasteiger partial charge in [0.1, 0.15) is 0 Å². The van der Waals surface area contributed by atoms with E-state index in [9.17, 15) is 14.4 Å². The van der Waals surface area contributed by atoms with E-state index in [1.54, 1.807) is 24.3 Å². The molecule has 20 heavy (non-hydrogen) atoms. The van der Waals surface area contributed by atoms with Crippen LogP contribution >= 0.6 is 0 Å². The van der Waals surface area contributed by atoms with Gasteiger partial charge in [0.15, 0.2) is 0 Å². The zero-order valence-corrected chi connectivity index (χ0v) is 11.0. The number of hydrogen-bond donors (Lipinski definition) is 3. The maximum Gasteiger partial charge on any atom is 0.319 e. The van der Waals surface area contributed by atoms with Crippen molar-refractivity contribution in [3.05, 3.63) is 29.8 Å². The number of ether oxygens (including phenoxy) is 1. The number of urea groups is 1. The van der Waals surface area contributed by atoms with Crippen LogP contribution in [0.1, 0.15) is 12.0 Å². The number of para-hydroxylation sites is 1. The summed E-state index contributed by atoms with van der Waals surface area (Å²) in [5.74, 6) is -1.40. The molecular formula is C13H16N2O5. The van der Waals surface area contributed by atoms with Crippen LogP contribution in [0.25, 0.3) is 0 Å². The van der Waals surface area contributed by atoms with Crippen LogP contribution in [0.3, 0.4) is 0 Å². The average Bonchev–Trinajstić information content (AvgIpc) is 2.40. The first-order valence-corrected chi connectivity index (χ1v) is 5.94. The number of methoxy groups -OCH3 is 1. The highest BCUT2D eigenvalue weighted by Crippen LogP contribution is 2.15. The molecule has 0 saturated heterocycles. The van der Waals surface area contributed by atoms with E-state index in [-0.39, 0.29) is 19.4 Å². The summed E-state index contributed by atoms with van der Waals surface area (Å²) in [6.07, 6.45) is -0.112. The van der Waals surface area contributed by atoms with Crippen LogP contribution in [0.4, 0.5) is 10.5 Å². The Labute approximate surface area is 115 Å². The van der Waals surface area contributed by atoms with Gasteiger partial charge >= 0.3 is 18.0 Å². The number of esters is 1. The van der Waals surface area contributed by atoms with E-state index >= 15 is 0 Å². The number of carbonyl (C=O) groups is 3. The summed E-state index contributed by atoms with van der Waals surface area (Å²) >= 11 is 0. The van der Waals surface area contributed by atoms with Crippen molar-refractivity contribution in [1.29, 1.82) is 0 Å². The predicted octanol–water partition coefficient (Wildman–Crippen LogP) is 0.998. The fourth-order valence-corrected chi connectivity index (χ4v) is 1.51. The molecule has 0 aliphatic heterocycles. The van der Waals surface area contributed by atoms with Crippen molar-refractivity contribution in [3.8, 4) is 0 Å². The number of carboxylic acid groups (broad SMARTS) is 1. The normalized spacial score (nSPS) is 9.65. The van der Waals surface area contributed by atoms with Gasteiger partial charge < -0.3 is 20.5 Å². The molecule has 0 aromatic heterocycles. The number of hydrogen-bond acceptors (Lipinski definition) is 4. The Bertz CT molecular complexity index is 501. The monoisotopic (exact) mass is 280 g/mol. The molecule has 2 amide bonds. The highest BCUT2D eigenvalue weighted by atomic mass is 16.5. The lowest BCUT2D eigenvalue weighted by Crippen LogP contribution is -2.31. The molecular weight excluding hydrogens is 264 g/mol. The van der Waals surface area contributed by atoms with E-state index in [4.69, 9.17) is 5.11 Å². The second-order valence-electron chi connectivity index (χ2n) is 3.93. The second kappa shape index (κ2) is 7.78. The zero-order valence-electron chi connectivity index (χ0n) is 11.0. The molecule has 0 saturated carbocycles. The first kappa shape index (κ1) is 15.5. The van der Waals surface area contributed by atoms with E-state index < -0.39 is 18.0 Å². The first-order valence-electron chi connectivity index (χ1n) is 5.94. The van der Waals surface area contributed by atoms with Crippen LogP contribution in [0.5, 0.6) is 0 Å². The highest BCUT2D eigenvalue weighted by molar-refractivity contribution is 5.91. The Morgan fingerprint density at radius 3 is 2.60 bits per heavy atom. The number of benzene rings is 1. The topological polar surface area (TPSA) is 105 Å². The van der Waals surface area contributed by atoms with Crippen molar-refractivity contribution < 1.29 is 24.2 Å². The van der Waals surface area contributed by atoms with E-state index in [2.05, 4.69) is 15.4 Å². The average molecular weight is 280 g/mol. The smallest absolute Gasteiger partial charge is 0.319 e. The largest absolute Gasteiger partial charge is 0.481 e. The molecule has 0 aliphatic carbocycles. The molecule has 1 aromatic carbocycles. The molecule has 0 unspecified atom stereocenters. The second-order valence-corrected chi connectivity index (χ2v) is 3.93. The van der Waals surface area contributed by atoms with Crippen LogP contribution in [-0.2, 0) is 20.7 Å². The molecule has 0 atom stereocenters. The number of carbonyl (C=O) groups excluding carboxylic acids is 2. The third-order valence-corrected chi connectivity index (χ3v) is 2.45. The summed E-state index contributed by atoms with van der Waals surface area (Å²) in [5.41, 5.74) is 0.925. The minimum atomic E-state index is -0.981. The molecule has 1 aromatic rings. The zero-order chi connectivity index (χ0) is 15.0. The number of amides is 2. The van der Waals surface area contributed by atoms with E-state index in [1.165, 1.54) is 7.11 Å². The lowest BCUT2D eigenvalue weighted by molar-refractivity contribution is -0.140. The fourth-order valence-electron chi connectivity index (χ4n) is 1.51. The summed E-state index contributed by atoms with van der Waals surface area (Å²) in [4.78, 5) is 33.2. The standard InChI is InChI=1S/C13H16N2O5/c1-20-12(18)6-7-14-13(19)15-10-5-3-2-4-9(10)8-11(16)17/h2-5H,6-8H2,1H3,(H,16,17)(H2,14,15,19). The first-order chi connectivity index (χ1) is 9.52. The van der Waals surface area contributed by atoms with Gasteiger partial charge in [-0.2, -0.15) is 0 Å². The summed E-state index contributed by atoms with van der Waals surface area (Å²) in [6, 6.07) is 6.11. The van der Waals surface area contributed by atoms with E-state index in [1.807, 2.05) is 0 Å². The maximum atomic E-state index is 11.6. The van der Waals surface area contributed by atoms with Crippen LogP contribution in [0.2, 0.25) is 0 Å². The molecule has 0 heterocycles. The Morgan fingerprint density at radius 2 is 1.95 bits per heavy atom. The minimum Gasteiger partial charge on any atom is -0.481 e. The van der Waals surface area contributed by atoms with Gasteiger partial charge in [-0.25, -0.2) is 4.79 Å². The van der Waals surface area contributed by atoms with Gasteiger partial charge in [-0.05, 0) is 11.6 Å². The van der Waals surface area contributed by atoms with Crippen molar-refractivity contribution in [2.75, 3.05) is 19.0 Å². The highest BCUT2D eigenvalue weighted by Gasteiger charge is 2.09. The van der Waals surface area contributed by atoms with Crippen molar-refractivity contribution in [2.45, 2.75) is 12.8 Å². The maximum absolute atomic E-state index is 11.6. The fraction of sp³-hybridized carbons (Fsp3) is 0.308. The molecule has 7 heteroatoms. The van der Waals surface area contributed by atoms with E-state index in [0.717, 1.165) is 0 Å². The van der Waals surface area contributed by atoms with Crippen molar-refractivity contribution in [2.24, 2.45) is 0 Å². The third kappa shape index (κ3) is 5.38. The van der Waals surface area contributed by atoms with Gasteiger partial charge in [0.2, 0.25) is 0 Å². The van der Waals surface area contributed by atoms with E-state index in [0.29, 0.717) is 11.3 Å². The molecule has 3 N–H and O–H groups in total. The van der Waals surface area contributed by atoms with Crippen LogP contribution in [-0.4, -0.2) is 36.7 Å². The molecule has 0 aliphatic rings. The van der Waals surface area contributed by atoms with Gasteiger partial charge in [-0.3, -0.25) is 9.59 Å². The van der Waals surface area contributed by atoms with Gasteiger partial charge in [0, 0.05) is 12.2 Å². The van der Waals surface area contributed by atoms with Crippen molar-refractivity contribution >= 4 is 23.7 Å². The lowest BCUT2D eigenvalue weighted by Gasteiger charge is -2.10. The number of nitrogens with one attached hydrogen (secondary N) is 2. The molecule has 1 rings (SSSR count). The molecule has 0 radical (unpaired) electrons. The van der Waals surface area contributed by atoms with Crippen molar-refractivity contribution in [1.82, 2.24) is 5.32 Å². The minimum absolute atomic E-state index is 0.0701. The summed E-state index contributed by atoms with van der Waals surface area (Å²) in [6.45, 7) is 0.138. The van der Waals surface area contributed by atoms with Gasteiger partial charge in [-0.15, -0.1) is 0 Å². The summed E-state index contributed by atoms with van der Waals surface area (Å²) in [5, 5.41) is 13.8. The SMILES string of the molecule is COC(=O)CCNC(=O)Nc1ccccc1CC(=O)O. The lowest BCUT2D eigenvalue weighted by atomic mass is 10.1. The van der Waals surface area contributed by atoms with Crippen LogP contribution in [0, 0.1) is 0 Å². The summed E-state index contributed by atoms with van der Waals surface area (Å²) < 4.78 is 4.44. The summed E-state index contributed by atoms with van der Waals surface area (Å²) in [7, 11) is 1.27. The predicted molar refractivity (Wildman–Crippen MR) is 71.4 cm³/mol. The van der Waals surface area contributed by atoms with Gasteiger partial charge in [-0.1, -0.05) is 18.2 Å². The van der Waals surface area contributed by atoms with Crippen molar-refractivity contribution in [3.63, 3.8) is 0 Å². The number of aliphatic carboxylic acids is 1. The Morgan fingerprint density at radius 1 is 1.25 bits per heavy atom. The van der Waals surface area contributed by atoms with Crippen LogP contribution < -0.4 is 10.6 Å². The van der Waals surface area contributed by atoms with Gasteiger partial charge in [0.25, 0.3) is 0 Å². The molecule has 0 fully saturated rings. The Kier molecular flexibility index (Phi) is 6.02. The number of carboxylic acids is 1. The molecule has 0 spiro atoms. The number of anilines is 1. The molecule has 108 valence electrons.